The van der Waals surface area contributed by atoms with E-state index >= 15 is 4.39 Å². The number of rotatable bonds is 10. The summed E-state index contributed by atoms with van der Waals surface area (Å²) in [6.45, 7) is 0.246. The summed E-state index contributed by atoms with van der Waals surface area (Å²) in [6.07, 6.45) is 1.74. The first-order valence-corrected chi connectivity index (χ1v) is 17.5. The largest absolute Gasteiger partial charge is 0.493 e. The molecular formula is C37H36FN5O7S. The number of fused-ring (bicyclic) bond motifs is 1. The van der Waals surface area contributed by atoms with E-state index in [9.17, 15) is 18.0 Å². The van der Waals surface area contributed by atoms with Crippen LogP contribution in [-0.2, 0) is 19.4 Å². The second-order valence-electron chi connectivity index (χ2n) is 11.8. The SMILES string of the molecule is COC(=O)Nc1ccc(S(=O)(=O)c2ccccc2)c([C@H]2CCCN2C(=O)[C@H](Nc2ccc3c(N)nccc3c2)c2cc(OC)c(OC)cc2F)c1. The number of hydrogen-bond donors (Lipinski definition) is 3. The van der Waals surface area contributed by atoms with Crippen molar-refractivity contribution >= 4 is 49.8 Å². The third kappa shape index (κ3) is 6.95. The van der Waals surface area contributed by atoms with Crippen molar-refractivity contribution in [2.75, 3.05) is 44.2 Å². The van der Waals surface area contributed by atoms with Gasteiger partial charge in [-0.3, -0.25) is 10.1 Å². The Morgan fingerprint density at radius 2 is 1.67 bits per heavy atom. The number of sulfone groups is 1. The maximum absolute atomic E-state index is 16.0. The van der Waals surface area contributed by atoms with Crippen LogP contribution in [0.15, 0.2) is 101 Å². The minimum absolute atomic E-state index is 0.0177. The molecular weight excluding hydrogens is 678 g/mol. The van der Waals surface area contributed by atoms with Crippen LogP contribution in [0.25, 0.3) is 10.8 Å². The topological polar surface area (TPSA) is 162 Å². The summed E-state index contributed by atoms with van der Waals surface area (Å²) in [7, 11) is -0.0767. The molecule has 0 saturated carbocycles. The minimum Gasteiger partial charge on any atom is -0.493 e. The van der Waals surface area contributed by atoms with Gasteiger partial charge in [0.1, 0.15) is 17.7 Å². The van der Waals surface area contributed by atoms with E-state index in [1.807, 2.05) is 0 Å². The van der Waals surface area contributed by atoms with Crippen molar-refractivity contribution in [2.45, 2.75) is 34.7 Å². The van der Waals surface area contributed by atoms with Crippen LogP contribution in [0.1, 0.15) is 36.1 Å². The Balaban J connectivity index is 1.47. The summed E-state index contributed by atoms with van der Waals surface area (Å²) in [5.74, 6) is -0.555. The van der Waals surface area contributed by atoms with Gasteiger partial charge in [0.05, 0.1) is 37.2 Å². The molecule has 12 nitrogen and oxygen atoms in total. The molecule has 0 unspecified atom stereocenters. The molecule has 0 bridgehead atoms. The van der Waals surface area contributed by atoms with Gasteiger partial charge >= 0.3 is 6.09 Å². The lowest BCUT2D eigenvalue weighted by Crippen LogP contribution is -2.38. The molecule has 0 aliphatic carbocycles. The molecule has 0 radical (unpaired) electrons. The Morgan fingerprint density at radius 3 is 2.39 bits per heavy atom. The molecule has 2 amide bonds. The highest BCUT2D eigenvalue weighted by atomic mass is 32.2. The van der Waals surface area contributed by atoms with Crippen molar-refractivity contribution in [2.24, 2.45) is 0 Å². The number of benzene rings is 4. The van der Waals surface area contributed by atoms with Crippen LogP contribution in [0, 0.1) is 5.82 Å². The van der Waals surface area contributed by atoms with Gasteiger partial charge in [-0.15, -0.1) is 0 Å². The van der Waals surface area contributed by atoms with Crippen molar-refractivity contribution in [1.82, 2.24) is 9.88 Å². The number of pyridine rings is 1. The molecule has 6 rings (SSSR count). The fourth-order valence-electron chi connectivity index (χ4n) is 6.37. The zero-order valence-corrected chi connectivity index (χ0v) is 28.9. The number of nitrogens with two attached hydrogens (primary N) is 1. The molecule has 1 aliphatic rings. The number of ether oxygens (including phenoxy) is 3. The zero-order chi connectivity index (χ0) is 36.3. The second-order valence-corrected chi connectivity index (χ2v) is 13.7. The molecule has 1 aromatic heterocycles. The third-order valence-electron chi connectivity index (χ3n) is 8.85. The molecule has 0 spiro atoms. The summed E-state index contributed by atoms with van der Waals surface area (Å²) in [4.78, 5) is 32.7. The quantitative estimate of drug-likeness (QED) is 0.146. The molecule has 5 aromatic rings. The summed E-state index contributed by atoms with van der Waals surface area (Å²) < 4.78 is 59.6. The van der Waals surface area contributed by atoms with Gasteiger partial charge in [0, 0.05) is 41.1 Å². The highest BCUT2D eigenvalue weighted by molar-refractivity contribution is 7.91. The molecule has 2 atom stereocenters. The van der Waals surface area contributed by atoms with Gasteiger partial charge in [-0.2, -0.15) is 0 Å². The smallest absolute Gasteiger partial charge is 0.411 e. The Bertz CT molecular complexity index is 2220. The van der Waals surface area contributed by atoms with E-state index in [1.54, 1.807) is 48.7 Å². The highest BCUT2D eigenvalue weighted by Gasteiger charge is 2.39. The Labute approximate surface area is 294 Å². The van der Waals surface area contributed by atoms with Crippen LogP contribution in [0.3, 0.4) is 0 Å². The van der Waals surface area contributed by atoms with E-state index < -0.39 is 39.7 Å². The van der Waals surface area contributed by atoms with Crippen molar-refractivity contribution in [3.8, 4) is 11.5 Å². The summed E-state index contributed by atoms with van der Waals surface area (Å²) in [5.41, 5.74) is 7.10. The van der Waals surface area contributed by atoms with Gasteiger partial charge in [0.2, 0.25) is 15.7 Å². The predicted octanol–water partition coefficient (Wildman–Crippen LogP) is 6.50. The van der Waals surface area contributed by atoms with Crippen LogP contribution < -0.4 is 25.8 Å². The number of methoxy groups -OCH3 is 3. The Hall–Kier alpha value is -5.89. The lowest BCUT2D eigenvalue weighted by atomic mass is 10.00. The third-order valence-corrected chi connectivity index (χ3v) is 10.7. The van der Waals surface area contributed by atoms with Crippen molar-refractivity contribution < 1.29 is 36.6 Å². The van der Waals surface area contributed by atoms with Gasteiger partial charge in [0.25, 0.3) is 0 Å². The van der Waals surface area contributed by atoms with Gasteiger partial charge < -0.3 is 30.2 Å². The first-order chi connectivity index (χ1) is 24.5. The number of nitrogen functional groups attached to an aromatic ring is 1. The van der Waals surface area contributed by atoms with Crippen LogP contribution in [0.4, 0.5) is 26.4 Å². The zero-order valence-electron chi connectivity index (χ0n) is 28.1. The lowest BCUT2D eigenvalue weighted by Gasteiger charge is -2.32. The number of hydrogen-bond acceptors (Lipinski definition) is 10. The number of carbonyl (C=O) groups is 2. The molecule has 4 N–H and O–H groups in total. The summed E-state index contributed by atoms with van der Waals surface area (Å²) >= 11 is 0. The first kappa shape index (κ1) is 35.0. The predicted molar refractivity (Wildman–Crippen MR) is 190 cm³/mol. The summed E-state index contributed by atoms with van der Waals surface area (Å²) in [5, 5.41) is 7.26. The number of anilines is 3. The fourth-order valence-corrected chi connectivity index (χ4v) is 7.89. The van der Waals surface area contributed by atoms with E-state index in [-0.39, 0.29) is 39.1 Å². The van der Waals surface area contributed by atoms with Crippen molar-refractivity contribution in [1.29, 1.82) is 0 Å². The van der Waals surface area contributed by atoms with E-state index in [0.717, 1.165) is 11.5 Å². The van der Waals surface area contributed by atoms with Crippen LogP contribution in [0.2, 0.25) is 0 Å². The Morgan fingerprint density at radius 1 is 0.941 bits per heavy atom. The molecule has 264 valence electrons. The van der Waals surface area contributed by atoms with Gasteiger partial charge in [-0.1, -0.05) is 18.2 Å². The number of likely N-dealkylation sites (tertiary alicyclic amines) is 1. The maximum Gasteiger partial charge on any atom is 0.411 e. The molecule has 2 heterocycles. The van der Waals surface area contributed by atoms with Crippen molar-refractivity contribution in [3.05, 3.63) is 108 Å². The highest BCUT2D eigenvalue weighted by Crippen LogP contribution is 2.42. The fraction of sp³-hybridized carbons (Fsp3) is 0.216. The van der Waals surface area contributed by atoms with Crippen LogP contribution >= 0.6 is 0 Å². The number of carbonyl (C=O) groups excluding carboxylic acids is 2. The maximum atomic E-state index is 16.0. The molecule has 1 saturated heterocycles. The van der Waals surface area contributed by atoms with Crippen LogP contribution in [-0.4, -0.2) is 58.2 Å². The van der Waals surface area contributed by atoms with E-state index in [1.165, 1.54) is 62.6 Å². The van der Waals surface area contributed by atoms with Crippen molar-refractivity contribution in [3.63, 3.8) is 0 Å². The van der Waals surface area contributed by atoms with Crippen LogP contribution in [0.5, 0.6) is 11.5 Å². The standard InChI is InChI=1S/C37H36FN5O7S/c1-48-31-20-27(29(38)21-32(31)49-2)34(41-23-11-13-26-22(18-23)15-16-40-35(26)39)36(44)43-17-7-10-30(43)28-19-24(42-37(45)50-3)12-14-33(28)51(46,47)25-8-5-4-6-9-25/h4-6,8-9,11-16,18-21,30,34,41H,7,10,17H2,1-3H3,(H2,39,40)(H,42,45)/t30-,34-/m1/s1. The molecule has 51 heavy (non-hydrogen) atoms. The van der Waals surface area contributed by atoms with Gasteiger partial charge in [-0.05, 0) is 84.5 Å². The number of aromatic nitrogens is 1. The average molecular weight is 714 g/mol. The minimum atomic E-state index is -4.08. The molecule has 1 fully saturated rings. The lowest BCUT2D eigenvalue weighted by molar-refractivity contribution is -0.133. The van der Waals surface area contributed by atoms with Gasteiger partial charge in [-0.25, -0.2) is 22.6 Å². The first-order valence-electron chi connectivity index (χ1n) is 16.0. The second kappa shape index (κ2) is 14.5. The number of halogens is 1. The number of amides is 2. The Kier molecular flexibility index (Phi) is 9.96. The number of nitrogens with zero attached hydrogens (tertiary/aromatic N) is 2. The summed E-state index contributed by atoms with van der Waals surface area (Å²) in [6, 6.07) is 19.8. The molecule has 14 heteroatoms. The number of nitrogens with one attached hydrogen (secondary N) is 2. The van der Waals surface area contributed by atoms with E-state index in [4.69, 9.17) is 19.9 Å². The average Bonchev–Trinajstić information content (AvgIpc) is 3.64. The monoisotopic (exact) mass is 713 g/mol. The van der Waals surface area contributed by atoms with E-state index in [2.05, 4.69) is 15.6 Å². The normalized spacial score (nSPS) is 14.9. The van der Waals surface area contributed by atoms with E-state index in [0.29, 0.717) is 35.3 Å². The van der Waals surface area contributed by atoms with Gasteiger partial charge in [0.15, 0.2) is 11.5 Å². The molecule has 1 aliphatic heterocycles. The molecule has 4 aromatic carbocycles.